The molecule has 0 saturated carbocycles. The molecule has 0 bridgehead atoms. The summed E-state index contributed by atoms with van der Waals surface area (Å²) in [5.41, 5.74) is 0. The minimum Gasteiger partial charge on any atom is -0.251 e. The lowest BCUT2D eigenvalue weighted by Gasteiger charge is -2.06. The van der Waals surface area contributed by atoms with E-state index in [1.165, 1.54) is 0 Å². The van der Waals surface area contributed by atoms with Crippen LogP contribution in [0.25, 0.3) is 0 Å². The van der Waals surface area contributed by atoms with Crippen molar-refractivity contribution in [2.45, 2.75) is 5.86 Å². The Hall–Kier alpha value is 2.12. The first-order valence-corrected chi connectivity index (χ1v) is 4.92. The van der Waals surface area contributed by atoms with Crippen LogP contribution in [0.2, 0.25) is 0 Å². The summed E-state index contributed by atoms with van der Waals surface area (Å²) in [5.74, 6) is 0. The Kier molecular flexibility index (Phi) is 5.24. The van der Waals surface area contributed by atoms with Crippen LogP contribution < -0.4 is 0 Å². The van der Waals surface area contributed by atoms with Gasteiger partial charge in [0.2, 0.25) is 0 Å². The highest BCUT2D eigenvalue weighted by molar-refractivity contribution is 14.3. The SMILES string of the molecule is FCCC(I)(I)I. The highest BCUT2D eigenvalue weighted by Crippen LogP contribution is 2.38. The fraction of sp³-hybridized carbons (Fsp3) is 1.00. The molecule has 0 spiro atoms. The molecule has 4 heteroatoms. The highest BCUT2D eigenvalue weighted by Gasteiger charge is 2.15. The van der Waals surface area contributed by atoms with E-state index >= 15 is 0 Å². The maximum Gasteiger partial charge on any atom is 0.126 e. The Balaban J connectivity index is 3.15. The Morgan fingerprint density at radius 1 is 1.29 bits per heavy atom. The van der Waals surface area contributed by atoms with Gasteiger partial charge in [-0.2, -0.15) is 0 Å². The lowest BCUT2D eigenvalue weighted by atomic mass is 10.6. The maximum atomic E-state index is 11.5. The molecule has 0 atom stereocenters. The van der Waals surface area contributed by atoms with Gasteiger partial charge in [-0.05, 0) is 0 Å². The predicted molar refractivity (Wildman–Crippen MR) is 55.4 cm³/mol. The van der Waals surface area contributed by atoms with Gasteiger partial charge in [-0.3, -0.25) is 4.39 Å². The summed E-state index contributed by atoms with van der Waals surface area (Å²) in [5, 5.41) is 0. The van der Waals surface area contributed by atoms with Crippen molar-refractivity contribution in [3.05, 3.63) is 0 Å². The number of alkyl halides is 4. The van der Waals surface area contributed by atoms with E-state index in [0.717, 1.165) is 0 Å². The van der Waals surface area contributed by atoms with Gasteiger partial charge >= 0.3 is 0 Å². The molecule has 0 nitrogen and oxygen atoms in total. The van der Waals surface area contributed by atoms with E-state index < -0.39 is 0 Å². The Morgan fingerprint density at radius 3 is 1.71 bits per heavy atom. The Labute approximate surface area is 83.4 Å². The zero-order chi connectivity index (χ0) is 5.91. The molecule has 44 valence electrons. The maximum absolute atomic E-state index is 11.5. The van der Waals surface area contributed by atoms with Crippen molar-refractivity contribution in [2.24, 2.45) is 0 Å². The standard InChI is InChI=1S/C3H4FI3/c4-2-1-3(5,6)7/h1-2H2. The van der Waals surface area contributed by atoms with Crippen molar-refractivity contribution in [3.63, 3.8) is 0 Å². The summed E-state index contributed by atoms with van der Waals surface area (Å²) < 4.78 is 11.6. The molecule has 7 heavy (non-hydrogen) atoms. The summed E-state index contributed by atoms with van der Waals surface area (Å²) in [6, 6.07) is 0. The normalized spacial score (nSPS) is 12.0. The zero-order valence-electron chi connectivity index (χ0n) is 3.43. The number of hydrogen-bond donors (Lipinski definition) is 0. The lowest BCUT2D eigenvalue weighted by Crippen LogP contribution is -1.98. The summed E-state index contributed by atoms with van der Waals surface area (Å²) >= 11 is 6.63. The molecule has 0 amide bonds. The van der Waals surface area contributed by atoms with Crippen LogP contribution in [0.3, 0.4) is 0 Å². The van der Waals surface area contributed by atoms with Crippen molar-refractivity contribution in [3.8, 4) is 0 Å². The van der Waals surface area contributed by atoms with E-state index in [1.54, 1.807) is 0 Å². The van der Waals surface area contributed by atoms with Gasteiger partial charge < -0.3 is 0 Å². The average Bonchev–Trinajstić information content (AvgIpc) is 1.30. The van der Waals surface area contributed by atoms with Gasteiger partial charge in [-0.1, -0.05) is 67.8 Å². The molecule has 0 aromatic carbocycles. The molecule has 0 saturated heterocycles. The monoisotopic (exact) mass is 440 g/mol. The van der Waals surface area contributed by atoms with Gasteiger partial charge in [0.1, 0.15) is -0.565 Å². The van der Waals surface area contributed by atoms with Crippen LogP contribution in [0, 0.1) is 0 Å². The summed E-state index contributed by atoms with van der Waals surface area (Å²) in [6.45, 7) is -0.213. The van der Waals surface area contributed by atoms with Gasteiger partial charge in [0.25, 0.3) is 0 Å². The molecule has 0 aromatic heterocycles. The fourth-order valence-electron chi connectivity index (χ4n) is 0.107. The molecule has 0 rings (SSSR count). The molecule has 0 radical (unpaired) electrons. The first kappa shape index (κ1) is 9.12. The number of halogens is 4. The number of rotatable bonds is 2. The van der Waals surface area contributed by atoms with Crippen LogP contribution >= 0.6 is 67.8 Å². The van der Waals surface area contributed by atoms with E-state index in [4.69, 9.17) is 0 Å². The zero-order valence-corrected chi connectivity index (χ0v) is 9.90. The van der Waals surface area contributed by atoms with Crippen LogP contribution in [-0.2, 0) is 0 Å². The molecule has 0 aliphatic heterocycles. The number of hydrogen-bond acceptors (Lipinski definition) is 0. The third kappa shape index (κ3) is 8.12. The predicted octanol–water partition coefficient (Wildman–Crippen LogP) is 3.30. The Bertz CT molecular complexity index is 48.6. The van der Waals surface area contributed by atoms with Gasteiger partial charge in [-0.25, -0.2) is 0 Å². The second kappa shape index (κ2) is 4.02. The topological polar surface area (TPSA) is 0 Å². The van der Waals surface area contributed by atoms with Crippen LogP contribution in [0.4, 0.5) is 4.39 Å². The molecule has 0 aliphatic carbocycles. The fourth-order valence-corrected chi connectivity index (χ4v) is 0.719. The van der Waals surface area contributed by atoms with Crippen molar-refractivity contribution >= 4 is 67.8 Å². The summed E-state index contributed by atoms with van der Waals surface area (Å²) in [6.07, 6.45) is 0.634. The highest BCUT2D eigenvalue weighted by atomic mass is 127. The van der Waals surface area contributed by atoms with Crippen molar-refractivity contribution < 1.29 is 4.39 Å². The van der Waals surface area contributed by atoms with Crippen LogP contribution in [-0.4, -0.2) is 6.11 Å². The van der Waals surface area contributed by atoms with Crippen LogP contribution in [0.5, 0.6) is 0 Å². The first-order chi connectivity index (χ1) is 3.06. The molecule has 0 aliphatic rings. The van der Waals surface area contributed by atoms with Gasteiger partial charge in [0.05, 0.1) is 6.67 Å². The Morgan fingerprint density at radius 2 is 1.71 bits per heavy atom. The average molecular weight is 440 g/mol. The quantitative estimate of drug-likeness (QED) is 0.457. The van der Waals surface area contributed by atoms with E-state index in [1.807, 2.05) is 0 Å². The second-order valence-electron chi connectivity index (χ2n) is 1.05. The molecular formula is C3H4FI3. The van der Waals surface area contributed by atoms with Crippen molar-refractivity contribution in [1.82, 2.24) is 0 Å². The van der Waals surface area contributed by atoms with E-state index in [9.17, 15) is 4.39 Å². The van der Waals surface area contributed by atoms with Gasteiger partial charge in [0, 0.05) is 6.42 Å². The summed E-state index contributed by atoms with van der Waals surface area (Å²) in [4.78, 5) is 0. The molecular weight excluding hydrogens is 436 g/mol. The smallest absolute Gasteiger partial charge is 0.126 e. The minimum atomic E-state index is -0.213. The van der Waals surface area contributed by atoms with Crippen molar-refractivity contribution in [1.29, 1.82) is 0 Å². The van der Waals surface area contributed by atoms with Crippen molar-refractivity contribution in [2.75, 3.05) is 6.67 Å². The third-order valence-corrected chi connectivity index (χ3v) is 2.00. The minimum absolute atomic E-state index is 0.0853. The molecule has 0 heterocycles. The first-order valence-electron chi connectivity index (χ1n) is 1.69. The van der Waals surface area contributed by atoms with Crippen LogP contribution in [0.1, 0.15) is 6.42 Å². The molecule has 0 aromatic rings. The molecule has 0 unspecified atom stereocenters. The second-order valence-corrected chi connectivity index (χ2v) is 12.8. The van der Waals surface area contributed by atoms with E-state index in [0.29, 0.717) is 6.42 Å². The van der Waals surface area contributed by atoms with E-state index in [2.05, 4.69) is 67.8 Å². The van der Waals surface area contributed by atoms with Gasteiger partial charge in [0.15, 0.2) is 0 Å². The molecule has 0 N–H and O–H groups in total. The summed E-state index contributed by atoms with van der Waals surface area (Å²) in [7, 11) is 0. The largest absolute Gasteiger partial charge is 0.251 e. The molecule has 0 fully saturated rings. The lowest BCUT2D eigenvalue weighted by molar-refractivity contribution is 0.487. The van der Waals surface area contributed by atoms with Crippen LogP contribution in [0.15, 0.2) is 0 Å². The third-order valence-electron chi connectivity index (χ3n) is 0.378. The van der Waals surface area contributed by atoms with Gasteiger partial charge in [-0.15, -0.1) is 0 Å². The van der Waals surface area contributed by atoms with E-state index in [-0.39, 0.29) is 6.11 Å².